The molecule has 0 radical (unpaired) electrons. The van der Waals surface area contributed by atoms with Gasteiger partial charge in [0.15, 0.2) is 0 Å². The standard InChI is InChI=1S/C13H9F3OS/c14-9-2-4-12(8(5-9)7-17)18-13-6-10(15)1-3-11(13)16/h1-6,17H,7H2. The molecule has 0 fully saturated rings. The zero-order chi connectivity index (χ0) is 13.1. The SMILES string of the molecule is OCc1cc(F)ccc1Sc1cc(F)ccc1F. The highest BCUT2D eigenvalue weighted by molar-refractivity contribution is 7.99. The molecule has 0 heterocycles. The number of hydrogen-bond acceptors (Lipinski definition) is 2. The van der Waals surface area contributed by atoms with E-state index in [2.05, 4.69) is 0 Å². The van der Waals surface area contributed by atoms with E-state index in [1.54, 1.807) is 0 Å². The molecule has 1 nitrogen and oxygen atoms in total. The van der Waals surface area contributed by atoms with Gasteiger partial charge in [-0.15, -0.1) is 0 Å². The molecule has 1 N–H and O–H groups in total. The van der Waals surface area contributed by atoms with E-state index in [0.29, 0.717) is 10.5 Å². The number of hydrogen-bond donors (Lipinski definition) is 1. The van der Waals surface area contributed by atoms with Crippen molar-refractivity contribution in [2.24, 2.45) is 0 Å². The topological polar surface area (TPSA) is 20.2 Å². The average molecular weight is 270 g/mol. The van der Waals surface area contributed by atoms with Crippen LogP contribution in [0.1, 0.15) is 5.56 Å². The summed E-state index contributed by atoms with van der Waals surface area (Å²) in [5, 5.41) is 9.10. The molecule has 0 unspecified atom stereocenters. The molecule has 94 valence electrons. The fourth-order valence-corrected chi connectivity index (χ4v) is 2.41. The molecule has 0 aliphatic carbocycles. The second-order valence-electron chi connectivity index (χ2n) is 3.59. The first-order valence-electron chi connectivity index (χ1n) is 5.12. The fourth-order valence-electron chi connectivity index (χ4n) is 1.45. The van der Waals surface area contributed by atoms with Gasteiger partial charge in [0.2, 0.25) is 0 Å². The van der Waals surface area contributed by atoms with Crippen LogP contribution in [0.4, 0.5) is 13.2 Å². The number of rotatable bonds is 3. The molecular formula is C13H9F3OS. The van der Waals surface area contributed by atoms with Crippen LogP contribution in [0.2, 0.25) is 0 Å². The molecule has 5 heteroatoms. The summed E-state index contributed by atoms with van der Waals surface area (Å²) in [6.45, 7) is -0.364. The van der Waals surface area contributed by atoms with Crippen LogP contribution >= 0.6 is 11.8 Å². The Kier molecular flexibility index (Phi) is 3.93. The largest absolute Gasteiger partial charge is 0.392 e. The number of aliphatic hydroxyl groups excluding tert-OH is 1. The van der Waals surface area contributed by atoms with Crippen molar-refractivity contribution in [1.29, 1.82) is 0 Å². The van der Waals surface area contributed by atoms with Gasteiger partial charge in [-0.2, -0.15) is 0 Å². The zero-order valence-corrected chi connectivity index (χ0v) is 9.98. The van der Waals surface area contributed by atoms with Gasteiger partial charge < -0.3 is 5.11 Å². The van der Waals surface area contributed by atoms with E-state index in [4.69, 9.17) is 5.11 Å². The highest BCUT2D eigenvalue weighted by Gasteiger charge is 2.09. The fraction of sp³-hybridized carbons (Fsp3) is 0.0769. The Labute approximate surface area is 106 Å². The Hall–Kier alpha value is -1.46. The molecule has 2 aromatic rings. The summed E-state index contributed by atoms with van der Waals surface area (Å²) >= 11 is 0.947. The van der Waals surface area contributed by atoms with Crippen LogP contribution in [0, 0.1) is 17.5 Å². The lowest BCUT2D eigenvalue weighted by atomic mass is 10.2. The monoisotopic (exact) mass is 270 g/mol. The van der Waals surface area contributed by atoms with Crippen molar-refractivity contribution in [2.75, 3.05) is 0 Å². The average Bonchev–Trinajstić information content (AvgIpc) is 2.36. The van der Waals surface area contributed by atoms with Crippen LogP contribution in [-0.4, -0.2) is 5.11 Å². The van der Waals surface area contributed by atoms with E-state index in [1.807, 2.05) is 0 Å². The van der Waals surface area contributed by atoms with Crippen molar-refractivity contribution >= 4 is 11.8 Å². The lowest BCUT2D eigenvalue weighted by molar-refractivity contribution is 0.278. The summed E-state index contributed by atoms with van der Waals surface area (Å²) in [4.78, 5) is 0.583. The van der Waals surface area contributed by atoms with Crippen molar-refractivity contribution in [3.05, 3.63) is 59.4 Å². The predicted octanol–water partition coefficient (Wildman–Crippen LogP) is 3.75. The lowest BCUT2D eigenvalue weighted by Gasteiger charge is -2.08. The van der Waals surface area contributed by atoms with E-state index in [1.165, 1.54) is 18.2 Å². The summed E-state index contributed by atoms with van der Waals surface area (Å²) in [5.74, 6) is -1.59. The molecule has 0 atom stereocenters. The minimum absolute atomic E-state index is 0.0938. The van der Waals surface area contributed by atoms with Crippen LogP contribution in [-0.2, 0) is 6.61 Å². The molecule has 0 saturated carbocycles. The van der Waals surface area contributed by atoms with Crippen molar-refractivity contribution in [1.82, 2.24) is 0 Å². The molecule has 0 aliphatic rings. The van der Waals surface area contributed by atoms with Crippen molar-refractivity contribution in [2.45, 2.75) is 16.4 Å². The predicted molar refractivity (Wildman–Crippen MR) is 62.8 cm³/mol. The first kappa shape index (κ1) is 13.0. The van der Waals surface area contributed by atoms with Crippen LogP contribution < -0.4 is 0 Å². The Morgan fingerprint density at radius 1 is 0.889 bits per heavy atom. The second-order valence-corrected chi connectivity index (χ2v) is 4.67. The Bertz CT molecular complexity index is 572. The normalized spacial score (nSPS) is 10.7. The maximum atomic E-state index is 13.4. The number of aliphatic hydroxyl groups is 1. The van der Waals surface area contributed by atoms with E-state index in [-0.39, 0.29) is 11.5 Å². The number of benzene rings is 2. The molecule has 0 aromatic heterocycles. The highest BCUT2D eigenvalue weighted by atomic mass is 32.2. The molecular weight excluding hydrogens is 261 g/mol. The third-order valence-corrected chi connectivity index (χ3v) is 3.46. The lowest BCUT2D eigenvalue weighted by Crippen LogP contribution is -1.91. The summed E-state index contributed by atoms with van der Waals surface area (Å²) < 4.78 is 39.4. The van der Waals surface area contributed by atoms with E-state index >= 15 is 0 Å². The van der Waals surface area contributed by atoms with Gasteiger partial charge in [0.05, 0.1) is 11.5 Å². The minimum Gasteiger partial charge on any atom is -0.392 e. The Morgan fingerprint density at radius 2 is 1.56 bits per heavy atom. The van der Waals surface area contributed by atoms with E-state index in [9.17, 15) is 13.2 Å². The van der Waals surface area contributed by atoms with Gasteiger partial charge in [-0.3, -0.25) is 0 Å². The Balaban J connectivity index is 2.36. The third-order valence-electron chi connectivity index (χ3n) is 2.31. The third kappa shape index (κ3) is 2.86. The van der Waals surface area contributed by atoms with Gasteiger partial charge >= 0.3 is 0 Å². The maximum absolute atomic E-state index is 13.4. The summed E-state index contributed by atoms with van der Waals surface area (Å²) in [7, 11) is 0. The van der Waals surface area contributed by atoms with Gasteiger partial charge in [-0.25, -0.2) is 13.2 Å². The second kappa shape index (κ2) is 5.46. The molecule has 2 rings (SSSR count). The zero-order valence-electron chi connectivity index (χ0n) is 9.16. The van der Waals surface area contributed by atoms with Crippen molar-refractivity contribution < 1.29 is 18.3 Å². The first-order chi connectivity index (χ1) is 8.60. The van der Waals surface area contributed by atoms with Gasteiger partial charge in [0.25, 0.3) is 0 Å². The van der Waals surface area contributed by atoms with Crippen LogP contribution in [0.3, 0.4) is 0 Å². The molecule has 0 bridgehead atoms. The summed E-state index contributed by atoms with van der Waals surface area (Å²) in [6, 6.07) is 6.91. The van der Waals surface area contributed by atoms with E-state index in [0.717, 1.165) is 30.0 Å². The first-order valence-corrected chi connectivity index (χ1v) is 5.94. The van der Waals surface area contributed by atoms with Crippen molar-refractivity contribution in [3.8, 4) is 0 Å². The smallest absolute Gasteiger partial charge is 0.137 e. The molecule has 18 heavy (non-hydrogen) atoms. The van der Waals surface area contributed by atoms with Gasteiger partial charge in [-0.05, 0) is 42.0 Å². The minimum atomic E-state index is -0.561. The quantitative estimate of drug-likeness (QED) is 0.916. The molecule has 0 spiro atoms. The van der Waals surface area contributed by atoms with Crippen LogP contribution in [0.5, 0.6) is 0 Å². The van der Waals surface area contributed by atoms with Crippen LogP contribution in [0.25, 0.3) is 0 Å². The van der Waals surface area contributed by atoms with Gasteiger partial charge in [0, 0.05) is 4.90 Å². The summed E-state index contributed by atoms with van der Waals surface area (Å²) in [6.07, 6.45) is 0. The Morgan fingerprint density at radius 3 is 2.28 bits per heavy atom. The van der Waals surface area contributed by atoms with E-state index < -0.39 is 17.5 Å². The molecule has 0 amide bonds. The van der Waals surface area contributed by atoms with Gasteiger partial charge in [-0.1, -0.05) is 11.8 Å². The van der Waals surface area contributed by atoms with Crippen molar-refractivity contribution in [3.63, 3.8) is 0 Å². The molecule has 0 saturated heterocycles. The van der Waals surface area contributed by atoms with Crippen LogP contribution in [0.15, 0.2) is 46.2 Å². The maximum Gasteiger partial charge on any atom is 0.137 e. The number of halogens is 3. The van der Waals surface area contributed by atoms with Gasteiger partial charge in [0.1, 0.15) is 17.5 Å². The molecule has 0 aliphatic heterocycles. The molecule has 2 aromatic carbocycles. The summed E-state index contributed by atoms with van der Waals surface area (Å²) in [5.41, 5.74) is 0.337. The highest BCUT2D eigenvalue weighted by Crippen LogP contribution is 2.33.